The molecule has 0 spiro atoms. The quantitative estimate of drug-likeness (QED) is 0.880. The predicted molar refractivity (Wildman–Crippen MR) is 72.8 cm³/mol. The van der Waals surface area contributed by atoms with Crippen LogP contribution in [0.15, 0.2) is 18.3 Å². The fraction of sp³-hybridized carbons (Fsp3) is 0.357. The van der Waals surface area contributed by atoms with E-state index < -0.39 is 0 Å². The van der Waals surface area contributed by atoms with Crippen molar-refractivity contribution in [3.63, 3.8) is 0 Å². The van der Waals surface area contributed by atoms with Crippen LogP contribution in [-0.4, -0.2) is 21.1 Å². The lowest BCUT2D eigenvalue weighted by molar-refractivity contribution is 0.0949. The molecule has 2 aromatic heterocycles. The number of nitrogens with one attached hydrogen (secondary N) is 2. The van der Waals surface area contributed by atoms with Crippen LogP contribution in [0, 0.1) is 13.8 Å². The third kappa shape index (κ3) is 2.81. The van der Waals surface area contributed by atoms with Crippen LogP contribution < -0.4 is 5.32 Å². The summed E-state index contributed by atoms with van der Waals surface area (Å²) in [6, 6.07) is 3.94. The van der Waals surface area contributed by atoms with E-state index in [0.29, 0.717) is 17.8 Å². The molecule has 0 saturated carbocycles. The highest BCUT2D eigenvalue weighted by molar-refractivity contribution is 5.96. The summed E-state index contributed by atoms with van der Waals surface area (Å²) in [5, 5.41) is 9.73. The Morgan fingerprint density at radius 3 is 2.84 bits per heavy atom. The Morgan fingerprint density at radius 1 is 1.42 bits per heavy atom. The Bertz CT molecular complexity index is 569. The number of aromatic nitrogens is 3. The monoisotopic (exact) mass is 258 g/mol. The molecule has 0 aliphatic carbocycles. The highest BCUT2D eigenvalue weighted by Crippen LogP contribution is 2.10. The number of hydrogen-bond acceptors (Lipinski definition) is 3. The van der Waals surface area contributed by atoms with Gasteiger partial charge in [0.15, 0.2) is 0 Å². The average Bonchev–Trinajstić information content (AvgIpc) is 2.76. The van der Waals surface area contributed by atoms with Gasteiger partial charge in [-0.1, -0.05) is 13.0 Å². The Hall–Kier alpha value is -2.17. The molecule has 0 unspecified atom stereocenters. The second kappa shape index (κ2) is 5.65. The highest BCUT2D eigenvalue weighted by atomic mass is 16.1. The molecule has 5 nitrogen and oxygen atoms in total. The van der Waals surface area contributed by atoms with E-state index in [9.17, 15) is 4.79 Å². The van der Waals surface area contributed by atoms with Crippen LogP contribution in [-0.2, 0) is 13.0 Å². The first kappa shape index (κ1) is 13.3. The van der Waals surface area contributed by atoms with Gasteiger partial charge in [0.2, 0.25) is 0 Å². The van der Waals surface area contributed by atoms with Gasteiger partial charge in [0.05, 0.1) is 23.5 Å². The van der Waals surface area contributed by atoms with E-state index in [1.165, 1.54) is 0 Å². The first-order chi connectivity index (χ1) is 9.13. The summed E-state index contributed by atoms with van der Waals surface area (Å²) in [7, 11) is 0. The molecule has 0 radical (unpaired) electrons. The van der Waals surface area contributed by atoms with Gasteiger partial charge in [-0.25, -0.2) is 0 Å². The largest absolute Gasteiger partial charge is 0.346 e. The Kier molecular flexibility index (Phi) is 3.94. The van der Waals surface area contributed by atoms with E-state index in [0.717, 1.165) is 23.4 Å². The molecule has 2 heterocycles. The lowest BCUT2D eigenvalue weighted by atomic mass is 10.1. The number of rotatable bonds is 4. The molecule has 0 atom stereocenters. The molecule has 100 valence electrons. The van der Waals surface area contributed by atoms with E-state index in [2.05, 4.69) is 27.4 Å². The summed E-state index contributed by atoms with van der Waals surface area (Å²) in [5.41, 5.74) is 4.19. The minimum Gasteiger partial charge on any atom is -0.346 e. The first-order valence-electron chi connectivity index (χ1n) is 6.36. The van der Waals surface area contributed by atoms with E-state index >= 15 is 0 Å². The third-order valence-corrected chi connectivity index (χ3v) is 3.14. The fourth-order valence-corrected chi connectivity index (χ4v) is 2.09. The fourth-order valence-electron chi connectivity index (χ4n) is 2.09. The number of hydrogen-bond donors (Lipinski definition) is 2. The van der Waals surface area contributed by atoms with Crippen molar-refractivity contribution in [1.29, 1.82) is 0 Å². The normalized spacial score (nSPS) is 10.5. The van der Waals surface area contributed by atoms with E-state index in [4.69, 9.17) is 0 Å². The van der Waals surface area contributed by atoms with Crippen molar-refractivity contribution in [3.8, 4) is 0 Å². The molecular weight excluding hydrogens is 240 g/mol. The van der Waals surface area contributed by atoms with Crippen molar-refractivity contribution >= 4 is 5.91 Å². The van der Waals surface area contributed by atoms with Crippen LogP contribution in [0.3, 0.4) is 0 Å². The molecule has 0 bridgehead atoms. The number of aryl methyl sites for hydroxylation is 3. The SMILES string of the molecule is CCc1cccnc1CNC(=O)c1c(C)n[nH]c1C. The zero-order valence-electron chi connectivity index (χ0n) is 11.4. The van der Waals surface area contributed by atoms with E-state index in [1.807, 2.05) is 26.0 Å². The van der Waals surface area contributed by atoms with Gasteiger partial charge in [0, 0.05) is 11.9 Å². The zero-order valence-corrected chi connectivity index (χ0v) is 11.4. The van der Waals surface area contributed by atoms with Crippen molar-refractivity contribution in [2.24, 2.45) is 0 Å². The molecule has 5 heteroatoms. The molecule has 0 aliphatic heterocycles. The summed E-state index contributed by atoms with van der Waals surface area (Å²) in [5.74, 6) is -0.114. The van der Waals surface area contributed by atoms with Crippen LogP contribution >= 0.6 is 0 Å². The van der Waals surface area contributed by atoms with Crippen molar-refractivity contribution < 1.29 is 4.79 Å². The second-order valence-electron chi connectivity index (χ2n) is 4.45. The first-order valence-corrected chi connectivity index (χ1v) is 6.36. The van der Waals surface area contributed by atoms with Crippen LogP contribution in [0.2, 0.25) is 0 Å². The van der Waals surface area contributed by atoms with E-state index in [1.54, 1.807) is 6.20 Å². The molecule has 2 rings (SSSR count). The molecule has 0 fully saturated rings. The number of aromatic amines is 1. The van der Waals surface area contributed by atoms with Crippen molar-refractivity contribution in [2.75, 3.05) is 0 Å². The second-order valence-corrected chi connectivity index (χ2v) is 4.45. The van der Waals surface area contributed by atoms with Crippen molar-refractivity contribution in [2.45, 2.75) is 33.7 Å². The molecule has 2 aromatic rings. The van der Waals surface area contributed by atoms with Crippen molar-refractivity contribution in [3.05, 3.63) is 46.5 Å². The molecule has 0 aromatic carbocycles. The Labute approximate surface area is 112 Å². The van der Waals surface area contributed by atoms with Crippen LogP contribution in [0.5, 0.6) is 0 Å². The molecule has 19 heavy (non-hydrogen) atoms. The van der Waals surface area contributed by atoms with Gasteiger partial charge in [0.1, 0.15) is 0 Å². The van der Waals surface area contributed by atoms with Crippen LogP contribution in [0.1, 0.15) is 39.9 Å². The van der Waals surface area contributed by atoms with E-state index in [-0.39, 0.29) is 5.91 Å². The van der Waals surface area contributed by atoms with Gasteiger partial charge in [0.25, 0.3) is 5.91 Å². The van der Waals surface area contributed by atoms with Crippen LogP contribution in [0.4, 0.5) is 0 Å². The molecule has 1 amide bonds. The summed E-state index contributed by atoms with van der Waals surface area (Å²) in [6.45, 7) is 6.17. The van der Waals surface area contributed by atoms with Gasteiger partial charge in [-0.3, -0.25) is 14.9 Å². The van der Waals surface area contributed by atoms with Gasteiger partial charge < -0.3 is 5.32 Å². The minimum atomic E-state index is -0.114. The van der Waals surface area contributed by atoms with Crippen LogP contribution in [0.25, 0.3) is 0 Å². The third-order valence-electron chi connectivity index (χ3n) is 3.14. The number of amides is 1. The number of H-pyrrole nitrogens is 1. The zero-order chi connectivity index (χ0) is 13.8. The number of carbonyl (C=O) groups is 1. The number of nitrogens with zero attached hydrogens (tertiary/aromatic N) is 2. The lowest BCUT2D eigenvalue weighted by Gasteiger charge is -2.08. The predicted octanol–water partition coefficient (Wildman–Crippen LogP) is 1.91. The van der Waals surface area contributed by atoms with Gasteiger partial charge in [-0.15, -0.1) is 0 Å². The molecule has 0 aliphatic rings. The smallest absolute Gasteiger partial charge is 0.255 e. The Morgan fingerprint density at radius 2 is 2.21 bits per heavy atom. The van der Waals surface area contributed by atoms with Gasteiger partial charge in [-0.05, 0) is 31.9 Å². The minimum absolute atomic E-state index is 0.114. The maximum Gasteiger partial charge on any atom is 0.255 e. The Balaban J connectivity index is 2.09. The number of pyridine rings is 1. The summed E-state index contributed by atoms with van der Waals surface area (Å²) >= 11 is 0. The van der Waals surface area contributed by atoms with Gasteiger partial charge >= 0.3 is 0 Å². The maximum atomic E-state index is 12.1. The molecular formula is C14H18N4O. The average molecular weight is 258 g/mol. The molecule has 0 saturated heterocycles. The summed E-state index contributed by atoms with van der Waals surface area (Å²) < 4.78 is 0. The molecule has 2 N–H and O–H groups in total. The highest BCUT2D eigenvalue weighted by Gasteiger charge is 2.15. The topological polar surface area (TPSA) is 70.7 Å². The van der Waals surface area contributed by atoms with Gasteiger partial charge in [-0.2, -0.15) is 5.10 Å². The standard InChI is InChI=1S/C14H18N4O/c1-4-11-6-5-7-15-12(11)8-16-14(19)13-9(2)17-18-10(13)3/h5-7H,4,8H2,1-3H3,(H,16,19)(H,17,18). The van der Waals surface area contributed by atoms with Crippen molar-refractivity contribution in [1.82, 2.24) is 20.5 Å². The number of carbonyl (C=O) groups excluding carboxylic acids is 1. The summed E-state index contributed by atoms with van der Waals surface area (Å²) in [6.07, 6.45) is 2.65. The summed E-state index contributed by atoms with van der Waals surface area (Å²) in [4.78, 5) is 16.4. The lowest BCUT2D eigenvalue weighted by Crippen LogP contribution is -2.25. The maximum absolute atomic E-state index is 12.1.